The summed E-state index contributed by atoms with van der Waals surface area (Å²) in [6, 6.07) is 4.71. The molecule has 0 unspecified atom stereocenters. The molecule has 0 spiro atoms. The standard InChI is InChI=1S/C12H18ClN3/c1-2-3-8-16(11-5-6-11)12-7-4-10(9-13)14-15-12/h4,7,11H,2-3,5-6,8-9H2,1H3. The van der Waals surface area contributed by atoms with E-state index in [0.717, 1.165) is 18.1 Å². The molecular weight excluding hydrogens is 222 g/mol. The lowest BCUT2D eigenvalue weighted by Crippen LogP contribution is -2.27. The van der Waals surface area contributed by atoms with E-state index in [1.165, 1.54) is 25.7 Å². The number of hydrogen-bond donors (Lipinski definition) is 0. The van der Waals surface area contributed by atoms with E-state index in [9.17, 15) is 0 Å². The average Bonchev–Trinajstić information content (AvgIpc) is 3.15. The first-order valence-electron chi connectivity index (χ1n) is 6.00. The highest BCUT2D eigenvalue weighted by atomic mass is 35.5. The molecule has 2 rings (SSSR count). The van der Waals surface area contributed by atoms with Crippen molar-refractivity contribution in [3.8, 4) is 0 Å². The van der Waals surface area contributed by atoms with Crippen LogP contribution in [0.5, 0.6) is 0 Å². The molecule has 0 aliphatic heterocycles. The summed E-state index contributed by atoms with van der Waals surface area (Å²) in [4.78, 5) is 2.38. The van der Waals surface area contributed by atoms with Crippen molar-refractivity contribution in [2.24, 2.45) is 0 Å². The Morgan fingerprint density at radius 3 is 2.69 bits per heavy atom. The highest BCUT2D eigenvalue weighted by Gasteiger charge is 2.29. The minimum Gasteiger partial charge on any atom is -0.352 e. The van der Waals surface area contributed by atoms with Gasteiger partial charge in [-0.2, -0.15) is 5.10 Å². The van der Waals surface area contributed by atoms with Crippen LogP contribution in [-0.4, -0.2) is 22.8 Å². The van der Waals surface area contributed by atoms with Gasteiger partial charge in [-0.3, -0.25) is 0 Å². The number of nitrogens with zero attached hydrogens (tertiary/aromatic N) is 3. The van der Waals surface area contributed by atoms with Crippen LogP contribution in [0.4, 0.5) is 5.82 Å². The Hall–Kier alpha value is -0.830. The van der Waals surface area contributed by atoms with Crippen molar-refractivity contribution in [2.75, 3.05) is 11.4 Å². The molecule has 0 bridgehead atoms. The van der Waals surface area contributed by atoms with Crippen molar-refractivity contribution >= 4 is 17.4 Å². The number of hydrogen-bond acceptors (Lipinski definition) is 3. The molecule has 0 aromatic carbocycles. The number of unbranched alkanes of at least 4 members (excludes halogenated alkanes) is 1. The summed E-state index contributed by atoms with van der Waals surface area (Å²) in [6.07, 6.45) is 5.02. The predicted molar refractivity (Wildman–Crippen MR) is 66.9 cm³/mol. The third-order valence-electron chi connectivity index (χ3n) is 2.88. The molecule has 88 valence electrons. The minimum atomic E-state index is 0.436. The highest BCUT2D eigenvalue weighted by molar-refractivity contribution is 6.16. The van der Waals surface area contributed by atoms with E-state index in [0.29, 0.717) is 11.9 Å². The summed E-state index contributed by atoms with van der Waals surface area (Å²) in [6.45, 7) is 3.31. The molecule has 0 N–H and O–H groups in total. The lowest BCUT2D eigenvalue weighted by Gasteiger charge is -2.22. The Labute approximate surface area is 102 Å². The van der Waals surface area contributed by atoms with Crippen LogP contribution in [0.2, 0.25) is 0 Å². The zero-order chi connectivity index (χ0) is 11.4. The first-order chi connectivity index (χ1) is 7.85. The second-order valence-corrected chi connectivity index (χ2v) is 4.56. The molecule has 4 heteroatoms. The molecule has 0 amide bonds. The summed E-state index contributed by atoms with van der Waals surface area (Å²) in [7, 11) is 0. The molecule has 16 heavy (non-hydrogen) atoms. The fourth-order valence-corrected chi connectivity index (χ4v) is 1.92. The number of halogens is 1. The van der Waals surface area contributed by atoms with Crippen LogP contribution >= 0.6 is 11.6 Å². The van der Waals surface area contributed by atoms with Gasteiger partial charge in [-0.05, 0) is 31.4 Å². The van der Waals surface area contributed by atoms with E-state index >= 15 is 0 Å². The van der Waals surface area contributed by atoms with Gasteiger partial charge in [-0.25, -0.2) is 0 Å². The summed E-state index contributed by atoms with van der Waals surface area (Å²) < 4.78 is 0. The third-order valence-corrected chi connectivity index (χ3v) is 3.15. The smallest absolute Gasteiger partial charge is 0.151 e. The van der Waals surface area contributed by atoms with E-state index in [1.54, 1.807) is 0 Å². The van der Waals surface area contributed by atoms with Crippen LogP contribution in [-0.2, 0) is 5.88 Å². The lowest BCUT2D eigenvalue weighted by atomic mass is 10.3. The quantitative estimate of drug-likeness (QED) is 0.715. The molecule has 1 aliphatic carbocycles. The fraction of sp³-hybridized carbons (Fsp3) is 0.667. The van der Waals surface area contributed by atoms with Crippen LogP contribution in [0, 0.1) is 0 Å². The fourth-order valence-electron chi connectivity index (χ4n) is 1.78. The lowest BCUT2D eigenvalue weighted by molar-refractivity contribution is 0.697. The topological polar surface area (TPSA) is 29.0 Å². The summed E-state index contributed by atoms with van der Waals surface area (Å²) in [5.41, 5.74) is 0.844. The number of aromatic nitrogens is 2. The highest BCUT2D eigenvalue weighted by Crippen LogP contribution is 2.30. The van der Waals surface area contributed by atoms with Crippen molar-refractivity contribution in [1.82, 2.24) is 10.2 Å². The Kier molecular flexibility index (Phi) is 3.99. The van der Waals surface area contributed by atoms with Crippen LogP contribution in [0.15, 0.2) is 12.1 Å². The minimum absolute atomic E-state index is 0.436. The predicted octanol–water partition coefficient (Wildman–Crippen LogP) is 2.98. The Morgan fingerprint density at radius 1 is 1.38 bits per heavy atom. The monoisotopic (exact) mass is 239 g/mol. The van der Waals surface area contributed by atoms with Gasteiger partial charge >= 0.3 is 0 Å². The van der Waals surface area contributed by atoms with E-state index in [-0.39, 0.29) is 0 Å². The van der Waals surface area contributed by atoms with Gasteiger partial charge in [-0.1, -0.05) is 13.3 Å². The summed E-state index contributed by atoms with van der Waals surface area (Å²) in [5.74, 6) is 1.44. The van der Waals surface area contributed by atoms with Crippen molar-refractivity contribution in [2.45, 2.75) is 44.5 Å². The van der Waals surface area contributed by atoms with Gasteiger partial charge in [0.05, 0.1) is 11.6 Å². The molecule has 0 atom stereocenters. The molecule has 0 radical (unpaired) electrons. The van der Waals surface area contributed by atoms with Gasteiger partial charge in [0.2, 0.25) is 0 Å². The summed E-state index contributed by atoms with van der Waals surface area (Å²) >= 11 is 5.70. The van der Waals surface area contributed by atoms with Gasteiger partial charge in [0, 0.05) is 12.6 Å². The zero-order valence-electron chi connectivity index (χ0n) is 9.69. The van der Waals surface area contributed by atoms with E-state index in [1.807, 2.05) is 12.1 Å². The molecule has 1 heterocycles. The Bertz CT molecular complexity index is 322. The SMILES string of the molecule is CCCCN(c1ccc(CCl)nn1)C1CC1. The van der Waals surface area contributed by atoms with Crippen molar-refractivity contribution in [3.05, 3.63) is 17.8 Å². The zero-order valence-corrected chi connectivity index (χ0v) is 10.5. The van der Waals surface area contributed by atoms with Crippen LogP contribution in [0.1, 0.15) is 38.3 Å². The van der Waals surface area contributed by atoms with Gasteiger partial charge in [0.1, 0.15) is 0 Å². The maximum Gasteiger partial charge on any atom is 0.151 e. The number of rotatable bonds is 6. The molecule has 1 aromatic rings. The van der Waals surface area contributed by atoms with Gasteiger partial charge in [0.15, 0.2) is 5.82 Å². The first-order valence-corrected chi connectivity index (χ1v) is 6.53. The molecule has 3 nitrogen and oxygen atoms in total. The largest absolute Gasteiger partial charge is 0.352 e. The van der Waals surface area contributed by atoms with Crippen molar-refractivity contribution < 1.29 is 0 Å². The normalized spacial score (nSPS) is 15.1. The second kappa shape index (κ2) is 5.48. The molecule has 1 fully saturated rings. The summed E-state index contributed by atoms with van der Waals surface area (Å²) in [5, 5.41) is 8.37. The van der Waals surface area contributed by atoms with Crippen LogP contribution in [0.25, 0.3) is 0 Å². The Balaban J connectivity index is 2.05. The van der Waals surface area contributed by atoms with E-state index in [2.05, 4.69) is 22.0 Å². The van der Waals surface area contributed by atoms with Gasteiger partial charge < -0.3 is 4.90 Å². The molecule has 1 aromatic heterocycles. The first kappa shape index (κ1) is 11.6. The van der Waals surface area contributed by atoms with Crippen LogP contribution < -0.4 is 4.90 Å². The number of alkyl halides is 1. The third kappa shape index (κ3) is 2.85. The maximum absolute atomic E-state index is 5.70. The second-order valence-electron chi connectivity index (χ2n) is 4.29. The molecule has 1 saturated carbocycles. The van der Waals surface area contributed by atoms with E-state index in [4.69, 9.17) is 11.6 Å². The van der Waals surface area contributed by atoms with Crippen molar-refractivity contribution in [3.63, 3.8) is 0 Å². The van der Waals surface area contributed by atoms with Gasteiger partial charge in [-0.15, -0.1) is 16.7 Å². The molecule has 0 saturated heterocycles. The van der Waals surface area contributed by atoms with E-state index < -0.39 is 0 Å². The van der Waals surface area contributed by atoms with Crippen LogP contribution in [0.3, 0.4) is 0 Å². The number of anilines is 1. The molecule has 1 aliphatic rings. The molecular formula is C12H18ClN3. The Morgan fingerprint density at radius 2 is 2.19 bits per heavy atom. The van der Waals surface area contributed by atoms with Crippen molar-refractivity contribution in [1.29, 1.82) is 0 Å². The van der Waals surface area contributed by atoms with Gasteiger partial charge in [0.25, 0.3) is 0 Å². The maximum atomic E-state index is 5.70. The average molecular weight is 240 g/mol.